The molecule has 1 unspecified atom stereocenters. The van der Waals surface area contributed by atoms with Crippen molar-refractivity contribution in [2.24, 2.45) is 5.92 Å². The number of halogens is 2. The maximum Gasteiger partial charge on any atom is 0.266 e. The van der Waals surface area contributed by atoms with Crippen molar-refractivity contribution in [3.63, 3.8) is 0 Å². The van der Waals surface area contributed by atoms with E-state index >= 15 is 0 Å². The molecule has 1 amide bonds. The minimum Gasteiger partial charge on any atom is -0.332 e. The first-order valence-electron chi connectivity index (χ1n) is 11.9. The van der Waals surface area contributed by atoms with Gasteiger partial charge in [0.25, 0.3) is 5.56 Å². The second-order valence-corrected chi connectivity index (χ2v) is 9.86. The number of aromatic nitrogens is 2. The largest absolute Gasteiger partial charge is 0.332 e. The minimum absolute atomic E-state index is 0.0370. The van der Waals surface area contributed by atoms with Crippen LogP contribution in [0, 0.1) is 12.8 Å². The highest BCUT2D eigenvalue weighted by Crippen LogP contribution is 2.29. The molecule has 3 rings (SSSR count). The summed E-state index contributed by atoms with van der Waals surface area (Å²) in [6, 6.07) is 12.5. The van der Waals surface area contributed by atoms with Crippen molar-refractivity contribution in [1.29, 1.82) is 0 Å². The van der Waals surface area contributed by atoms with E-state index in [0.717, 1.165) is 17.7 Å². The molecule has 7 heteroatoms. The van der Waals surface area contributed by atoms with Gasteiger partial charge < -0.3 is 4.90 Å². The van der Waals surface area contributed by atoms with E-state index in [1.54, 1.807) is 16.7 Å². The number of hydrogen-bond donors (Lipinski definition) is 0. The van der Waals surface area contributed by atoms with Crippen LogP contribution < -0.4 is 5.56 Å². The Bertz CT molecular complexity index is 1210. The van der Waals surface area contributed by atoms with Gasteiger partial charge >= 0.3 is 0 Å². The molecule has 34 heavy (non-hydrogen) atoms. The van der Waals surface area contributed by atoms with Crippen LogP contribution in [0.4, 0.5) is 0 Å². The summed E-state index contributed by atoms with van der Waals surface area (Å²) in [4.78, 5) is 34.0. The van der Waals surface area contributed by atoms with E-state index in [4.69, 9.17) is 28.2 Å². The topological polar surface area (TPSA) is 55.2 Å². The lowest BCUT2D eigenvalue weighted by Crippen LogP contribution is -2.39. The Morgan fingerprint density at radius 2 is 1.91 bits per heavy atom. The molecule has 182 valence electrons. The predicted molar refractivity (Wildman–Crippen MR) is 141 cm³/mol. The minimum atomic E-state index is -0.353. The first kappa shape index (κ1) is 26.2. The van der Waals surface area contributed by atoms with Crippen LogP contribution >= 0.6 is 23.2 Å². The molecule has 5 nitrogen and oxygen atoms in total. The number of carbonyl (C=O) groups is 1. The maximum atomic E-state index is 13.8. The number of aryl methyl sites for hydroxylation is 1. The molecule has 3 aromatic rings. The molecule has 0 fully saturated rings. The van der Waals surface area contributed by atoms with E-state index < -0.39 is 0 Å². The lowest BCUT2D eigenvalue weighted by molar-refractivity contribution is -0.134. The van der Waals surface area contributed by atoms with Gasteiger partial charge in [-0.25, -0.2) is 4.98 Å². The number of hydrogen-bond acceptors (Lipinski definition) is 3. The van der Waals surface area contributed by atoms with E-state index in [-0.39, 0.29) is 17.5 Å². The lowest BCUT2D eigenvalue weighted by atomic mass is 10.1. The van der Waals surface area contributed by atoms with Gasteiger partial charge in [0.15, 0.2) is 0 Å². The van der Waals surface area contributed by atoms with E-state index in [2.05, 4.69) is 13.8 Å². The van der Waals surface area contributed by atoms with Crippen molar-refractivity contribution >= 4 is 40.0 Å². The molecule has 1 heterocycles. The van der Waals surface area contributed by atoms with Crippen LogP contribution in [0.1, 0.15) is 63.9 Å². The van der Waals surface area contributed by atoms with E-state index in [1.807, 2.05) is 49.1 Å². The number of benzene rings is 2. The van der Waals surface area contributed by atoms with Crippen LogP contribution in [-0.4, -0.2) is 32.8 Å². The third-order valence-corrected chi connectivity index (χ3v) is 6.56. The first-order valence-corrected chi connectivity index (χ1v) is 12.8. The fourth-order valence-corrected chi connectivity index (χ4v) is 4.59. The average molecular weight is 502 g/mol. The number of nitrogens with zero attached hydrogens (tertiary/aromatic N) is 3. The zero-order valence-corrected chi connectivity index (χ0v) is 21.9. The first-order chi connectivity index (χ1) is 16.3. The van der Waals surface area contributed by atoms with Gasteiger partial charge in [0, 0.05) is 23.9 Å². The second-order valence-electron chi connectivity index (χ2n) is 9.04. The number of carbonyl (C=O) groups excluding carboxylic acids is 1. The van der Waals surface area contributed by atoms with Gasteiger partial charge in [-0.3, -0.25) is 14.2 Å². The maximum absolute atomic E-state index is 13.8. The molecule has 0 radical (unpaired) electrons. The zero-order valence-electron chi connectivity index (χ0n) is 20.4. The molecule has 0 saturated carbocycles. The Morgan fingerprint density at radius 1 is 1.18 bits per heavy atom. The Hall–Kier alpha value is -2.37. The van der Waals surface area contributed by atoms with Crippen LogP contribution in [0.25, 0.3) is 16.6 Å². The summed E-state index contributed by atoms with van der Waals surface area (Å²) in [6.07, 6.45) is 2.47. The van der Waals surface area contributed by atoms with Crippen molar-refractivity contribution in [1.82, 2.24) is 14.5 Å². The molecule has 0 aliphatic carbocycles. The number of amides is 1. The molecule has 0 aliphatic rings. The average Bonchev–Trinajstić information content (AvgIpc) is 2.81. The van der Waals surface area contributed by atoms with Gasteiger partial charge in [0.2, 0.25) is 5.91 Å². The van der Waals surface area contributed by atoms with E-state index in [0.29, 0.717) is 59.4 Å². The fourth-order valence-electron chi connectivity index (χ4n) is 4.23. The molecule has 1 aromatic heterocycles. The summed E-state index contributed by atoms with van der Waals surface area (Å²) in [5, 5.41) is 1.14. The van der Waals surface area contributed by atoms with Gasteiger partial charge in [-0.1, -0.05) is 44.5 Å². The van der Waals surface area contributed by atoms with Crippen molar-refractivity contribution < 1.29 is 4.79 Å². The Balaban J connectivity index is 2.26. The van der Waals surface area contributed by atoms with Gasteiger partial charge in [-0.05, 0) is 68.0 Å². The highest BCUT2D eigenvalue weighted by atomic mass is 35.5. The summed E-state index contributed by atoms with van der Waals surface area (Å²) in [5.41, 5.74) is 2.06. The fraction of sp³-hybridized carbons (Fsp3) is 0.444. The number of alkyl halides is 1. The van der Waals surface area contributed by atoms with Crippen LogP contribution in [-0.2, 0) is 4.79 Å². The Kier molecular flexibility index (Phi) is 9.15. The zero-order chi connectivity index (χ0) is 24.8. The highest BCUT2D eigenvalue weighted by molar-refractivity contribution is 6.30. The summed E-state index contributed by atoms with van der Waals surface area (Å²) >= 11 is 12.1. The number of para-hydroxylation sites is 1. The molecule has 0 N–H and O–H groups in total. The van der Waals surface area contributed by atoms with Crippen molar-refractivity contribution in [2.75, 3.05) is 12.4 Å². The molecule has 1 atom stereocenters. The summed E-state index contributed by atoms with van der Waals surface area (Å²) in [7, 11) is 0. The molecular weight excluding hydrogens is 469 g/mol. The monoisotopic (exact) mass is 501 g/mol. The summed E-state index contributed by atoms with van der Waals surface area (Å²) < 4.78 is 1.67. The van der Waals surface area contributed by atoms with Crippen molar-refractivity contribution in [3.8, 4) is 5.69 Å². The van der Waals surface area contributed by atoms with Crippen molar-refractivity contribution in [2.45, 2.75) is 59.4 Å². The van der Waals surface area contributed by atoms with E-state index in [1.165, 1.54) is 0 Å². The van der Waals surface area contributed by atoms with Crippen molar-refractivity contribution in [3.05, 3.63) is 69.2 Å². The predicted octanol–water partition coefficient (Wildman–Crippen LogP) is 6.69. The van der Waals surface area contributed by atoms with Crippen LogP contribution in [0.2, 0.25) is 5.02 Å². The standard InChI is InChI=1S/C27H33Cl2N3O2/c1-5-23(31(16-14-18(2)3)25(33)11-8-15-28)26-30-22-10-7-6-9-21(22)27(34)32(26)24-13-12-20(29)17-19(24)4/h6-7,9-10,12-13,17-18,23H,5,8,11,14-16H2,1-4H3. The smallest absolute Gasteiger partial charge is 0.266 e. The Labute approximate surface area is 211 Å². The SMILES string of the molecule is CCC(c1nc2ccccc2c(=O)n1-c1ccc(Cl)cc1C)N(CCC(C)C)C(=O)CCCCl. The summed E-state index contributed by atoms with van der Waals surface area (Å²) in [5.74, 6) is 1.48. The third-order valence-electron chi connectivity index (χ3n) is 6.05. The lowest BCUT2D eigenvalue weighted by Gasteiger charge is -2.33. The van der Waals surface area contributed by atoms with Gasteiger partial charge in [-0.2, -0.15) is 0 Å². The third kappa shape index (κ3) is 5.81. The van der Waals surface area contributed by atoms with Gasteiger partial charge in [0.1, 0.15) is 5.82 Å². The highest BCUT2D eigenvalue weighted by Gasteiger charge is 2.29. The molecular formula is C27H33Cl2N3O2. The molecule has 0 bridgehead atoms. The molecule has 0 aliphatic heterocycles. The van der Waals surface area contributed by atoms with E-state index in [9.17, 15) is 9.59 Å². The second kappa shape index (κ2) is 11.9. The van der Waals surface area contributed by atoms with Crippen LogP contribution in [0.15, 0.2) is 47.3 Å². The van der Waals surface area contributed by atoms with Gasteiger partial charge in [-0.15, -0.1) is 11.6 Å². The summed E-state index contributed by atoms with van der Waals surface area (Å²) in [6.45, 7) is 8.84. The van der Waals surface area contributed by atoms with Crippen LogP contribution in [0.3, 0.4) is 0 Å². The quantitative estimate of drug-likeness (QED) is 0.290. The normalized spacial score (nSPS) is 12.3. The molecule has 0 spiro atoms. The number of fused-ring (bicyclic) bond motifs is 1. The molecule has 0 saturated heterocycles. The number of rotatable bonds is 10. The molecule has 2 aromatic carbocycles. The van der Waals surface area contributed by atoms with Gasteiger partial charge in [0.05, 0.1) is 22.6 Å². The Morgan fingerprint density at radius 3 is 2.56 bits per heavy atom. The van der Waals surface area contributed by atoms with Crippen LogP contribution in [0.5, 0.6) is 0 Å².